The molecule has 1 aromatic carbocycles. The quantitative estimate of drug-likeness (QED) is 0.635. The van der Waals surface area contributed by atoms with Gasteiger partial charge in [-0.15, -0.1) is 0 Å². The number of imide groups is 1. The molecule has 124 valence electrons. The van der Waals surface area contributed by atoms with Crippen LogP contribution in [-0.4, -0.2) is 53.4 Å². The van der Waals surface area contributed by atoms with E-state index in [1.807, 2.05) is 30.3 Å². The van der Waals surface area contributed by atoms with E-state index in [9.17, 15) is 14.4 Å². The second kappa shape index (κ2) is 7.04. The van der Waals surface area contributed by atoms with Gasteiger partial charge in [-0.2, -0.15) is 11.8 Å². The van der Waals surface area contributed by atoms with Crippen LogP contribution < -0.4 is 10.2 Å². The molecule has 0 saturated carbocycles. The molecule has 1 saturated heterocycles. The van der Waals surface area contributed by atoms with Crippen LogP contribution >= 0.6 is 11.8 Å². The Bertz CT molecular complexity index is 604. The highest BCUT2D eigenvalue weighted by Gasteiger charge is 2.43. The molecule has 0 unspecified atom stereocenters. The third-order valence-corrected chi connectivity index (χ3v) is 4.57. The summed E-state index contributed by atoms with van der Waals surface area (Å²) in [5, 5.41) is 2.64. The average molecular weight is 335 g/mol. The maximum Gasteiger partial charge on any atom is 0.325 e. The Labute approximate surface area is 140 Å². The molecular formula is C16H21N3O3S. The van der Waals surface area contributed by atoms with Gasteiger partial charge >= 0.3 is 6.03 Å². The van der Waals surface area contributed by atoms with Gasteiger partial charge in [0, 0.05) is 25.0 Å². The second-order valence-electron chi connectivity index (χ2n) is 5.85. The van der Waals surface area contributed by atoms with Crippen molar-refractivity contribution >= 4 is 35.3 Å². The molecular weight excluding hydrogens is 314 g/mol. The number of hydrogen-bond donors (Lipinski definition) is 1. The van der Waals surface area contributed by atoms with E-state index in [0.717, 1.165) is 5.69 Å². The summed E-state index contributed by atoms with van der Waals surface area (Å²) in [6.45, 7) is 3.67. The summed E-state index contributed by atoms with van der Waals surface area (Å²) >= 11 is 1.41. The highest BCUT2D eigenvalue weighted by molar-refractivity contribution is 7.99. The monoisotopic (exact) mass is 335 g/mol. The third-order valence-electron chi connectivity index (χ3n) is 3.65. The molecule has 1 aliphatic rings. The number of nitrogens with one attached hydrogen (secondary N) is 1. The van der Waals surface area contributed by atoms with Gasteiger partial charge in [0.1, 0.15) is 5.54 Å². The fraction of sp³-hybridized carbons (Fsp3) is 0.438. The minimum absolute atomic E-state index is 0.0151. The van der Waals surface area contributed by atoms with E-state index in [0.29, 0.717) is 18.1 Å². The smallest absolute Gasteiger partial charge is 0.324 e. The van der Waals surface area contributed by atoms with Gasteiger partial charge in [0.05, 0.1) is 5.75 Å². The van der Waals surface area contributed by atoms with E-state index in [1.54, 1.807) is 25.8 Å². The summed E-state index contributed by atoms with van der Waals surface area (Å²) in [4.78, 5) is 38.7. The first-order valence-corrected chi connectivity index (χ1v) is 8.52. The maximum absolute atomic E-state index is 12.1. The van der Waals surface area contributed by atoms with Gasteiger partial charge in [-0.1, -0.05) is 18.2 Å². The van der Waals surface area contributed by atoms with E-state index < -0.39 is 5.54 Å². The van der Waals surface area contributed by atoms with Gasteiger partial charge in [-0.3, -0.25) is 14.5 Å². The van der Waals surface area contributed by atoms with Crippen LogP contribution in [0.1, 0.15) is 13.8 Å². The van der Waals surface area contributed by atoms with Crippen LogP contribution in [0.5, 0.6) is 0 Å². The van der Waals surface area contributed by atoms with Gasteiger partial charge in [0.15, 0.2) is 0 Å². The largest absolute Gasteiger partial charge is 0.325 e. The Hall–Kier alpha value is -2.02. The molecule has 6 nitrogen and oxygen atoms in total. The number of benzene rings is 1. The topological polar surface area (TPSA) is 69.7 Å². The number of nitrogens with zero attached hydrogens (tertiary/aromatic N) is 2. The van der Waals surface area contributed by atoms with Crippen LogP contribution in [0.2, 0.25) is 0 Å². The minimum Gasteiger partial charge on any atom is -0.324 e. The zero-order valence-corrected chi connectivity index (χ0v) is 14.4. The summed E-state index contributed by atoms with van der Waals surface area (Å²) in [5.74, 6) is 0.594. The molecule has 0 bridgehead atoms. The van der Waals surface area contributed by atoms with Gasteiger partial charge < -0.3 is 10.2 Å². The molecule has 4 amide bonds. The fourth-order valence-corrected chi connectivity index (χ4v) is 3.05. The fourth-order valence-electron chi connectivity index (χ4n) is 2.23. The molecule has 2 rings (SSSR count). The highest BCUT2D eigenvalue weighted by Crippen LogP contribution is 2.17. The van der Waals surface area contributed by atoms with Crippen molar-refractivity contribution in [3.05, 3.63) is 30.3 Å². The lowest BCUT2D eigenvalue weighted by atomic mass is 10.1. The van der Waals surface area contributed by atoms with Crippen LogP contribution in [0.15, 0.2) is 30.3 Å². The number of thioether (sulfide) groups is 1. The van der Waals surface area contributed by atoms with E-state index >= 15 is 0 Å². The molecule has 1 fully saturated rings. The van der Waals surface area contributed by atoms with Crippen LogP contribution in [0.3, 0.4) is 0 Å². The lowest BCUT2D eigenvalue weighted by Gasteiger charge is -2.18. The Morgan fingerprint density at radius 2 is 1.91 bits per heavy atom. The highest BCUT2D eigenvalue weighted by atomic mass is 32.2. The Morgan fingerprint density at radius 1 is 1.26 bits per heavy atom. The summed E-state index contributed by atoms with van der Waals surface area (Å²) in [6.07, 6.45) is 0. The molecule has 1 aromatic rings. The van der Waals surface area contributed by atoms with Crippen molar-refractivity contribution in [2.45, 2.75) is 19.4 Å². The zero-order chi connectivity index (χ0) is 17.0. The average Bonchev–Trinajstić information content (AvgIpc) is 2.72. The number of amides is 4. The minimum atomic E-state index is -0.842. The summed E-state index contributed by atoms with van der Waals surface area (Å²) in [6, 6.07) is 9.04. The molecule has 7 heteroatoms. The van der Waals surface area contributed by atoms with Crippen molar-refractivity contribution in [2.24, 2.45) is 0 Å². The standard InChI is InChI=1S/C16H21N3O3S/c1-16(2)14(21)19(15(22)17-16)9-10-23-11-13(20)18(3)12-7-5-4-6-8-12/h4-8H,9-11H2,1-3H3,(H,17,22). The number of anilines is 1. The maximum atomic E-state index is 12.1. The van der Waals surface area contributed by atoms with Gasteiger partial charge in [0.25, 0.3) is 5.91 Å². The SMILES string of the molecule is CN(C(=O)CSCCN1C(=O)NC(C)(C)C1=O)c1ccccc1. The predicted octanol–water partition coefficient (Wildman–Crippen LogP) is 1.71. The Kier molecular flexibility index (Phi) is 5.30. The molecule has 0 aromatic heterocycles. The second-order valence-corrected chi connectivity index (χ2v) is 6.96. The van der Waals surface area contributed by atoms with Crippen LogP contribution in [0.4, 0.5) is 10.5 Å². The molecule has 0 aliphatic carbocycles. The van der Waals surface area contributed by atoms with Crippen molar-refractivity contribution in [3.8, 4) is 0 Å². The lowest BCUT2D eigenvalue weighted by Crippen LogP contribution is -2.40. The number of urea groups is 1. The van der Waals surface area contributed by atoms with Gasteiger partial charge in [-0.25, -0.2) is 4.79 Å². The van der Waals surface area contributed by atoms with Crippen LogP contribution in [-0.2, 0) is 9.59 Å². The molecule has 0 atom stereocenters. The normalized spacial score (nSPS) is 16.4. The molecule has 0 spiro atoms. The molecule has 0 radical (unpaired) electrons. The van der Waals surface area contributed by atoms with Crippen molar-refractivity contribution in [2.75, 3.05) is 30.0 Å². The number of carbonyl (C=O) groups is 3. The first kappa shape index (κ1) is 17.3. The lowest BCUT2D eigenvalue weighted by molar-refractivity contribution is -0.130. The number of hydrogen-bond acceptors (Lipinski definition) is 4. The van der Waals surface area contributed by atoms with Crippen molar-refractivity contribution in [3.63, 3.8) is 0 Å². The summed E-state index contributed by atoms with van der Waals surface area (Å²) in [7, 11) is 1.73. The molecule has 1 aliphatic heterocycles. The Balaban J connectivity index is 1.76. The number of para-hydroxylation sites is 1. The summed E-state index contributed by atoms with van der Waals surface area (Å²) < 4.78 is 0. The van der Waals surface area contributed by atoms with Crippen molar-refractivity contribution in [1.29, 1.82) is 0 Å². The molecule has 1 heterocycles. The third kappa shape index (κ3) is 4.04. The van der Waals surface area contributed by atoms with Gasteiger partial charge in [-0.05, 0) is 26.0 Å². The van der Waals surface area contributed by atoms with E-state index in [-0.39, 0.29) is 17.8 Å². The Morgan fingerprint density at radius 3 is 2.48 bits per heavy atom. The summed E-state index contributed by atoms with van der Waals surface area (Å²) in [5.41, 5.74) is -0.000548. The number of carbonyl (C=O) groups excluding carboxylic acids is 3. The van der Waals surface area contributed by atoms with E-state index in [1.165, 1.54) is 16.7 Å². The van der Waals surface area contributed by atoms with E-state index in [4.69, 9.17) is 0 Å². The predicted molar refractivity (Wildman–Crippen MR) is 91.5 cm³/mol. The van der Waals surface area contributed by atoms with Gasteiger partial charge in [0.2, 0.25) is 5.91 Å². The van der Waals surface area contributed by atoms with Crippen LogP contribution in [0.25, 0.3) is 0 Å². The first-order chi connectivity index (χ1) is 10.8. The number of rotatable bonds is 6. The van der Waals surface area contributed by atoms with Crippen molar-refractivity contribution < 1.29 is 14.4 Å². The molecule has 23 heavy (non-hydrogen) atoms. The first-order valence-electron chi connectivity index (χ1n) is 7.36. The van der Waals surface area contributed by atoms with E-state index in [2.05, 4.69) is 5.32 Å². The van der Waals surface area contributed by atoms with Crippen molar-refractivity contribution in [1.82, 2.24) is 10.2 Å². The zero-order valence-electron chi connectivity index (χ0n) is 13.5. The van der Waals surface area contributed by atoms with Crippen LogP contribution in [0, 0.1) is 0 Å². The molecule has 1 N–H and O–H groups in total.